The highest BCUT2D eigenvalue weighted by Gasteiger charge is 2.15. The lowest BCUT2D eigenvalue weighted by atomic mass is 10.1. The van der Waals surface area contributed by atoms with E-state index in [4.69, 9.17) is 0 Å². The molecular weight excluding hydrogens is 266 g/mol. The van der Waals surface area contributed by atoms with Crippen LogP contribution in [0.4, 0.5) is 5.82 Å². The number of nitrogens with one attached hydrogen (secondary N) is 2. The van der Waals surface area contributed by atoms with Crippen molar-refractivity contribution in [1.29, 1.82) is 0 Å². The summed E-state index contributed by atoms with van der Waals surface area (Å²) in [5.74, 6) is 0.160. The Kier molecular flexibility index (Phi) is 3.87. The van der Waals surface area contributed by atoms with Crippen LogP contribution in [0.2, 0.25) is 0 Å². The van der Waals surface area contributed by atoms with Gasteiger partial charge in [0.15, 0.2) is 5.82 Å². The molecule has 0 spiro atoms. The second-order valence-electron chi connectivity index (χ2n) is 4.07. The van der Waals surface area contributed by atoms with Crippen LogP contribution < -0.4 is 10.0 Å². The summed E-state index contributed by atoms with van der Waals surface area (Å²) in [5.41, 5.74) is 1.02. The normalized spacial score (nSPS) is 13.2. The molecule has 0 radical (unpaired) electrons. The van der Waals surface area contributed by atoms with Crippen molar-refractivity contribution in [3.63, 3.8) is 0 Å². The third-order valence-electron chi connectivity index (χ3n) is 2.80. The molecule has 7 heteroatoms. The fourth-order valence-electron chi connectivity index (χ4n) is 1.56. The van der Waals surface area contributed by atoms with Crippen LogP contribution in [0.5, 0.6) is 0 Å². The van der Waals surface area contributed by atoms with E-state index in [0.717, 1.165) is 5.56 Å². The van der Waals surface area contributed by atoms with Gasteiger partial charge in [-0.1, -0.05) is 17.3 Å². The molecule has 6 nitrogen and oxygen atoms in total. The zero-order valence-corrected chi connectivity index (χ0v) is 11.4. The third kappa shape index (κ3) is 3.12. The number of benzene rings is 1. The van der Waals surface area contributed by atoms with Gasteiger partial charge < -0.3 is 9.84 Å². The monoisotopic (exact) mass is 281 g/mol. The van der Waals surface area contributed by atoms with Crippen LogP contribution in [0, 0.1) is 0 Å². The molecule has 0 amide bonds. The van der Waals surface area contributed by atoms with E-state index in [2.05, 4.69) is 19.7 Å². The lowest BCUT2D eigenvalue weighted by molar-refractivity contribution is 0.423. The van der Waals surface area contributed by atoms with Gasteiger partial charge in [0.05, 0.1) is 4.90 Å². The summed E-state index contributed by atoms with van der Waals surface area (Å²) in [4.78, 5) is 0.183. The number of rotatable bonds is 5. The summed E-state index contributed by atoms with van der Waals surface area (Å²) in [6.07, 6.45) is 1.30. The van der Waals surface area contributed by atoms with Crippen molar-refractivity contribution < 1.29 is 12.9 Å². The number of nitrogens with zero attached hydrogens (tertiary/aromatic N) is 1. The molecule has 2 N–H and O–H groups in total. The summed E-state index contributed by atoms with van der Waals surface area (Å²) in [6, 6.07) is 8.28. The molecule has 0 bridgehead atoms. The molecule has 0 fully saturated rings. The van der Waals surface area contributed by atoms with Crippen molar-refractivity contribution in [1.82, 2.24) is 10.5 Å². The number of sulfonamides is 1. The molecule has 1 atom stereocenters. The molecule has 1 heterocycles. The van der Waals surface area contributed by atoms with E-state index in [1.807, 2.05) is 14.0 Å². The Morgan fingerprint density at radius 3 is 2.42 bits per heavy atom. The van der Waals surface area contributed by atoms with Gasteiger partial charge in [0.1, 0.15) is 6.26 Å². The van der Waals surface area contributed by atoms with Crippen LogP contribution in [0.15, 0.2) is 46.0 Å². The minimum atomic E-state index is -3.63. The number of aromatic nitrogens is 1. The zero-order valence-electron chi connectivity index (χ0n) is 10.6. The highest BCUT2D eigenvalue weighted by Crippen LogP contribution is 2.18. The highest BCUT2D eigenvalue weighted by molar-refractivity contribution is 7.92. The van der Waals surface area contributed by atoms with Gasteiger partial charge in [0.25, 0.3) is 10.0 Å². The zero-order chi connectivity index (χ0) is 13.9. The first-order valence-corrected chi connectivity index (χ1v) is 7.21. The third-order valence-corrected chi connectivity index (χ3v) is 4.17. The Hall–Kier alpha value is -1.86. The predicted molar refractivity (Wildman–Crippen MR) is 71.2 cm³/mol. The van der Waals surface area contributed by atoms with Crippen LogP contribution in [-0.4, -0.2) is 20.6 Å². The van der Waals surface area contributed by atoms with Crippen LogP contribution in [0.25, 0.3) is 0 Å². The molecule has 102 valence electrons. The summed E-state index contributed by atoms with van der Waals surface area (Å²) < 4.78 is 31.0. The van der Waals surface area contributed by atoms with Gasteiger partial charge in [0, 0.05) is 12.1 Å². The second-order valence-corrected chi connectivity index (χ2v) is 5.75. The van der Waals surface area contributed by atoms with Crippen molar-refractivity contribution in [2.45, 2.75) is 17.9 Å². The fourth-order valence-corrected chi connectivity index (χ4v) is 2.56. The van der Waals surface area contributed by atoms with Crippen LogP contribution in [0.3, 0.4) is 0 Å². The lowest BCUT2D eigenvalue weighted by Gasteiger charge is -2.11. The van der Waals surface area contributed by atoms with Crippen LogP contribution in [-0.2, 0) is 10.0 Å². The number of hydrogen-bond acceptors (Lipinski definition) is 5. The van der Waals surface area contributed by atoms with E-state index in [1.54, 1.807) is 24.3 Å². The standard InChI is InChI=1S/C12H15N3O3S/c1-9(13-2)10-3-5-11(6-4-10)19(16,17)15-12-7-8-18-14-12/h3-9,13H,1-2H3,(H,14,15). The van der Waals surface area contributed by atoms with Gasteiger partial charge in [-0.05, 0) is 31.7 Å². The molecule has 0 aliphatic carbocycles. The van der Waals surface area contributed by atoms with Crippen molar-refractivity contribution in [3.05, 3.63) is 42.2 Å². The number of hydrogen-bond donors (Lipinski definition) is 2. The van der Waals surface area contributed by atoms with E-state index < -0.39 is 10.0 Å². The Balaban J connectivity index is 2.21. The smallest absolute Gasteiger partial charge is 0.263 e. The molecule has 19 heavy (non-hydrogen) atoms. The van der Waals surface area contributed by atoms with Crippen molar-refractivity contribution in [2.24, 2.45) is 0 Å². The molecule has 0 saturated carbocycles. The van der Waals surface area contributed by atoms with Gasteiger partial charge >= 0.3 is 0 Å². The molecule has 2 aromatic rings. The molecular formula is C12H15N3O3S. The first-order valence-electron chi connectivity index (χ1n) is 5.73. The van der Waals surface area contributed by atoms with Crippen LogP contribution in [0.1, 0.15) is 18.5 Å². The Labute approximate surface area is 111 Å². The summed E-state index contributed by atoms with van der Waals surface area (Å²) in [5, 5.41) is 6.60. The molecule has 2 rings (SSSR count). The Bertz CT molecular complexity index is 621. The molecule has 1 aromatic heterocycles. The maximum atomic E-state index is 12.0. The average Bonchev–Trinajstić information content (AvgIpc) is 2.90. The van der Waals surface area contributed by atoms with Crippen molar-refractivity contribution >= 4 is 15.8 Å². The maximum absolute atomic E-state index is 12.0. The van der Waals surface area contributed by atoms with Crippen molar-refractivity contribution in [2.75, 3.05) is 11.8 Å². The minimum Gasteiger partial charge on any atom is -0.363 e. The van der Waals surface area contributed by atoms with E-state index in [9.17, 15) is 8.42 Å². The van der Waals surface area contributed by atoms with E-state index in [1.165, 1.54) is 12.3 Å². The quantitative estimate of drug-likeness (QED) is 0.872. The topological polar surface area (TPSA) is 84.2 Å². The molecule has 1 aromatic carbocycles. The SMILES string of the molecule is CNC(C)c1ccc(S(=O)(=O)Nc2ccon2)cc1. The first-order chi connectivity index (χ1) is 9.03. The summed E-state index contributed by atoms with van der Waals surface area (Å²) in [7, 11) is -1.78. The molecule has 0 aliphatic heterocycles. The van der Waals surface area contributed by atoms with E-state index in [0.29, 0.717) is 0 Å². The first kappa shape index (κ1) is 13.6. The van der Waals surface area contributed by atoms with Crippen molar-refractivity contribution in [3.8, 4) is 0 Å². The minimum absolute atomic E-state index is 0.160. The van der Waals surface area contributed by atoms with Gasteiger partial charge in [-0.3, -0.25) is 4.72 Å². The van der Waals surface area contributed by atoms with Gasteiger partial charge in [0.2, 0.25) is 0 Å². The maximum Gasteiger partial charge on any atom is 0.263 e. The Morgan fingerprint density at radius 1 is 1.21 bits per heavy atom. The summed E-state index contributed by atoms with van der Waals surface area (Å²) >= 11 is 0. The van der Waals surface area contributed by atoms with Crippen LogP contribution >= 0.6 is 0 Å². The lowest BCUT2D eigenvalue weighted by Crippen LogP contribution is -2.15. The Morgan fingerprint density at radius 2 is 1.89 bits per heavy atom. The molecule has 1 unspecified atom stereocenters. The van der Waals surface area contributed by atoms with Gasteiger partial charge in [-0.15, -0.1) is 0 Å². The van der Waals surface area contributed by atoms with E-state index >= 15 is 0 Å². The van der Waals surface area contributed by atoms with Gasteiger partial charge in [-0.25, -0.2) is 8.42 Å². The molecule has 0 saturated heterocycles. The van der Waals surface area contributed by atoms with E-state index in [-0.39, 0.29) is 16.8 Å². The predicted octanol–water partition coefficient (Wildman–Crippen LogP) is 1.76. The number of anilines is 1. The second kappa shape index (κ2) is 5.41. The fraction of sp³-hybridized carbons (Fsp3) is 0.250. The average molecular weight is 281 g/mol. The highest BCUT2D eigenvalue weighted by atomic mass is 32.2. The van der Waals surface area contributed by atoms with Gasteiger partial charge in [-0.2, -0.15) is 0 Å². The largest absolute Gasteiger partial charge is 0.363 e. The molecule has 0 aliphatic rings. The summed E-state index contributed by atoms with van der Waals surface area (Å²) in [6.45, 7) is 2.00.